The Kier molecular flexibility index (Phi) is 6.70. The smallest absolute Gasteiger partial charge is 0.123 e. The van der Waals surface area contributed by atoms with Gasteiger partial charge in [0.05, 0.1) is 24.4 Å². The lowest BCUT2D eigenvalue weighted by Gasteiger charge is -2.51. The van der Waals surface area contributed by atoms with Gasteiger partial charge in [-0.25, -0.2) is 9.37 Å². The first-order valence-electron chi connectivity index (χ1n) is 11.2. The van der Waals surface area contributed by atoms with Crippen molar-refractivity contribution < 1.29 is 14.2 Å². The van der Waals surface area contributed by atoms with Crippen LogP contribution in [0.1, 0.15) is 37.9 Å². The van der Waals surface area contributed by atoms with E-state index in [9.17, 15) is 9.50 Å². The summed E-state index contributed by atoms with van der Waals surface area (Å²) in [6, 6.07) is 14.2. The van der Waals surface area contributed by atoms with Gasteiger partial charge in [0.1, 0.15) is 11.6 Å². The predicted octanol–water partition coefficient (Wildman–Crippen LogP) is 5.63. The van der Waals surface area contributed by atoms with Crippen LogP contribution in [0.2, 0.25) is 0 Å². The first-order chi connectivity index (χ1) is 15.1. The minimum absolute atomic E-state index is 0. The number of nitrogens with zero attached hydrogens (tertiary/aromatic N) is 2. The van der Waals surface area contributed by atoms with E-state index in [0.717, 1.165) is 58.9 Å². The standard InChI is InChI=1S/C26H29FN2O2.ClH/c1-3-16-15-29-11-10-18(16)12-25(29)26(30)22-14-24(17-4-6-19(27)7-5-17)28-23-9-8-20(31-2)13-21(22)23;/h4-9,13-14,16,18,25-26,30H,3,10-12,15H2,1-2H3;1H/t16-,18+,25-,26+;/m0./s1. The third-order valence-electron chi connectivity index (χ3n) is 7.33. The number of ether oxygens (including phenoxy) is 1. The van der Waals surface area contributed by atoms with Crippen molar-refractivity contribution in [3.05, 3.63) is 59.9 Å². The maximum absolute atomic E-state index is 13.5. The SMILES string of the molecule is CC[C@H]1CN2CC[C@@H]1C[C@H]2[C@H](O)c1cc(-c2ccc(F)cc2)nc2ccc(OC)cc12.Cl. The van der Waals surface area contributed by atoms with Gasteiger partial charge in [0.15, 0.2) is 0 Å². The van der Waals surface area contributed by atoms with Crippen LogP contribution < -0.4 is 4.74 Å². The van der Waals surface area contributed by atoms with Crippen LogP contribution in [0.15, 0.2) is 48.5 Å². The molecule has 3 aliphatic rings. The maximum Gasteiger partial charge on any atom is 0.123 e. The summed E-state index contributed by atoms with van der Waals surface area (Å²) in [5.41, 5.74) is 3.26. The molecule has 1 N–H and O–H groups in total. The molecule has 1 unspecified atom stereocenters. The van der Waals surface area contributed by atoms with Gasteiger partial charge < -0.3 is 9.84 Å². The summed E-state index contributed by atoms with van der Waals surface area (Å²) in [5.74, 6) is 1.90. The molecule has 6 heteroatoms. The minimum atomic E-state index is -0.614. The molecule has 6 rings (SSSR count). The fourth-order valence-corrected chi connectivity index (χ4v) is 5.55. The summed E-state index contributed by atoms with van der Waals surface area (Å²) in [7, 11) is 1.65. The third kappa shape index (κ3) is 4.09. The van der Waals surface area contributed by atoms with Crippen LogP contribution in [-0.2, 0) is 0 Å². The monoisotopic (exact) mass is 456 g/mol. The van der Waals surface area contributed by atoms with E-state index in [1.807, 2.05) is 24.3 Å². The van der Waals surface area contributed by atoms with Gasteiger partial charge in [-0.1, -0.05) is 13.3 Å². The van der Waals surface area contributed by atoms with Crippen LogP contribution in [-0.4, -0.2) is 41.2 Å². The average Bonchev–Trinajstić information content (AvgIpc) is 2.83. The fourth-order valence-electron chi connectivity index (χ4n) is 5.55. The molecule has 3 fully saturated rings. The van der Waals surface area contributed by atoms with Crippen LogP contribution in [0.5, 0.6) is 5.75 Å². The number of hydrogen-bond donors (Lipinski definition) is 1. The van der Waals surface area contributed by atoms with Gasteiger partial charge in [-0.05, 0) is 85.3 Å². The summed E-state index contributed by atoms with van der Waals surface area (Å²) in [5, 5.41) is 12.5. The largest absolute Gasteiger partial charge is 0.497 e. The Hall–Kier alpha value is -2.21. The van der Waals surface area contributed by atoms with Gasteiger partial charge in [0, 0.05) is 23.5 Å². The summed E-state index contributed by atoms with van der Waals surface area (Å²) < 4.78 is 18.9. The van der Waals surface area contributed by atoms with Crippen LogP contribution >= 0.6 is 12.4 Å². The normalized spacial score (nSPS) is 25.4. The van der Waals surface area contributed by atoms with Crippen molar-refractivity contribution in [3.63, 3.8) is 0 Å². The van der Waals surface area contributed by atoms with E-state index in [4.69, 9.17) is 9.72 Å². The van der Waals surface area contributed by atoms with E-state index in [1.165, 1.54) is 25.0 Å². The number of aliphatic hydroxyl groups excluding tert-OH is 1. The molecular weight excluding hydrogens is 427 g/mol. The molecule has 0 saturated carbocycles. The summed E-state index contributed by atoms with van der Waals surface area (Å²) in [4.78, 5) is 7.28. The van der Waals surface area contributed by atoms with E-state index in [0.29, 0.717) is 5.92 Å². The molecule has 0 radical (unpaired) electrons. The molecule has 0 aliphatic carbocycles. The number of pyridine rings is 1. The van der Waals surface area contributed by atoms with Crippen molar-refractivity contribution in [2.75, 3.05) is 20.2 Å². The van der Waals surface area contributed by atoms with Crippen molar-refractivity contribution in [3.8, 4) is 17.0 Å². The topological polar surface area (TPSA) is 45.6 Å². The van der Waals surface area contributed by atoms with E-state index >= 15 is 0 Å². The van der Waals surface area contributed by atoms with Crippen molar-refractivity contribution in [2.45, 2.75) is 38.3 Å². The van der Waals surface area contributed by atoms with Gasteiger partial charge in [-0.2, -0.15) is 0 Å². The third-order valence-corrected chi connectivity index (χ3v) is 7.33. The van der Waals surface area contributed by atoms with Crippen molar-refractivity contribution in [2.24, 2.45) is 11.8 Å². The molecule has 170 valence electrons. The Morgan fingerprint density at radius 1 is 1.19 bits per heavy atom. The molecule has 2 bridgehead atoms. The molecule has 32 heavy (non-hydrogen) atoms. The molecule has 2 aromatic carbocycles. The highest BCUT2D eigenvalue weighted by atomic mass is 35.5. The Bertz CT molecular complexity index is 1090. The Morgan fingerprint density at radius 2 is 1.97 bits per heavy atom. The highest BCUT2D eigenvalue weighted by Crippen LogP contribution is 2.43. The second-order valence-electron chi connectivity index (χ2n) is 8.95. The van der Waals surface area contributed by atoms with Crippen LogP contribution in [0.3, 0.4) is 0 Å². The Balaban J connectivity index is 0.00000245. The lowest BCUT2D eigenvalue weighted by Crippen LogP contribution is -2.55. The van der Waals surface area contributed by atoms with E-state index < -0.39 is 6.10 Å². The first kappa shape index (κ1) is 23.0. The number of piperidine rings is 3. The quantitative estimate of drug-likeness (QED) is 0.540. The number of methoxy groups -OCH3 is 1. The summed E-state index contributed by atoms with van der Waals surface area (Å²) >= 11 is 0. The number of benzene rings is 2. The number of hydrogen-bond acceptors (Lipinski definition) is 4. The summed E-state index contributed by atoms with van der Waals surface area (Å²) in [6.07, 6.45) is 2.85. The average molecular weight is 457 g/mol. The van der Waals surface area contributed by atoms with Crippen molar-refractivity contribution in [1.29, 1.82) is 0 Å². The molecule has 4 nitrogen and oxygen atoms in total. The maximum atomic E-state index is 13.5. The number of fused-ring (bicyclic) bond motifs is 4. The predicted molar refractivity (Wildman–Crippen MR) is 128 cm³/mol. The fraction of sp³-hybridized carbons (Fsp3) is 0.423. The van der Waals surface area contributed by atoms with Crippen molar-refractivity contribution >= 4 is 23.3 Å². The molecule has 4 heterocycles. The van der Waals surface area contributed by atoms with Gasteiger partial charge in [0.25, 0.3) is 0 Å². The lowest BCUT2D eigenvalue weighted by atomic mass is 9.72. The van der Waals surface area contributed by atoms with Crippen LogP contribution in [0, 0.1) is 17.7 Å². The Labute approximate surface area is 194 Å². The van der Waals surface area contributed by atoms with Gasteiger partial charge >= 0.3 is 0 Å². The van der Waals surface area contributed by atoms with Crippen molar-refractivity contribution in [1.82, 2.24) is 9.88 Å². The van der Waals surface area contributed by atoms with Crippen LogP contribution in [0.25, 0.3) is 22.2 Å². The first-order valence-corrected chi connectivity index (χ1v) is 11.2. The van der Waals surface area contributed by atoms with E-state index in [2.05, 4.69) is 11.8 Å². The number of rotatable bonds is 5. The molecule has 1 aromatic heterocycles. The molecule has 0 spiro atoms. The number of aromatic nitrogens is 1. The highest BCUT2D eigenvalue weighted by Gasteiger charge is 2.42. The highest BCUT2D eigenvalue weighted by molar-refractivity contribution is 5.87. The van der Waals surface area contributed by atoms with E-state index in [-0.39, 0.29) is 24.3 Å². The molecular formula is C26H30ClFN2O2. The van der Waals surface area contributed by atoms with Gasteiger partial charge in [-0.15, -0.1) is 12.4 Å². The van der Waals surface area contributed by atoms with Gasteiger partial charge in [0.2, 0.25) is 0 Å². The molecule has 3 saturated heterocycles. The number of aliphatic hydroxyl groups is 1. The van der Waals surface area contributed by atoms with Crippen LogP contribution in [0.4, 0.5) is 4.39 Å². The van der Waals surface area contributed by atoms with Gasteiger partial charge in [-0.3, -0.25) is 4.90 Å². The lowest BCUT2D eigenvalue weighted by molar-refractivity contribution is -0.0562. The zero-order valence-electron chi connectivity index (χ0n) is 18.5. The zero-order valence-corrected chi connectivity index (χ0v) is 19.3. The molecule has 5 atom stereocenters. The molecule has 3 aromatic rings. The second-order valence-corrected chi connectivity index (χ2v) is 8.95. The second kappa shape index (κ2) is 9.34. The van der Waals surface area contributed by atoms with E-state index in [1.54, 1.807) is 19.2 Å². The Morgan fingerprint density at radius 3 is 2.62 bits per heavy atom. The summed E-state index contributed by atoms with van der Waals surface area (Å²) in [6.45, 7) is 4.40. The molecule has 0 amide bonds. The minimum Gasteiger partial charge on any atom is -0.497 e. The molecule has 3 aliphatic heterocycles. The number of halogens is 2. The zero-order chi connectivity index (χ0) is 21.5.